The van der Waals surface area contributed by atoms with E-state index in [-0.39, 0.29) is 6.61 Å². The number of aliphatic hydroxyl groups is 1. The summed E-state index contributed by atoms with van der Waals surface area (Å²) in [5, 5.41) is 10.4. The summed E-state index contributed by atoms with van der Waals surface area (Å²) in [6.07, 6.45) is 2.00. The fraction of sp³-hybridized carbons (Fsp3) is 0.385. The Balaban J connectivity index is 2.79. The van der Waals surface area contributed by atoms with Crippen molar-refractivity contribution in [3.05, 3.63) is 30.0 Å². The van der Waals surface area contributed by atoms with Crippen LogP contribution < -0.4 is 4.74 Å². The fourth-order valence-corrected chi connectivity index (χ4v) is 2.08. The lowest BCUT2D eigenvalue weighted by Crippen LogP contribution is -1.97. The van der Waals surface area contributed by atoms with E-state index in [9.17, 15) is 5.11 Å². The zero-order chi connectivity index (χ0) is 11.7. The van der Waals surface area contributed by atoms with Crippen molar-refractivity contribution in [3.63, 3.8) is 0 Å². The first kappa shape index (κ1) is 11.0. The standard InChI is InChI=1S/C13H17NO2/c1-9(2)14-7-10(8-15)13-11(14)5-4-6-12(13)16-3/h4-7,9,15H,8H2,1-3H3. The topological polar surface area (TPSA) is 34.4 Å². The molecule has 0 saturated carbocycles. The number of hydrogen-bond acceptors (Lipinski definition) is 2. The minimum Gasteiger partial charge on any atom is -0.496 e. The van der Waals surface area contributed by atoms with E-state index in [1.165, 1.54) is 0 Å². The van der Waals surface area contributed by atoms with Gasteiger partial charge in [-0.05, 0) is 26.0 Å². The van der Waals surface area contributed by atoms with Crippen molar-refractivity contribution in [3.8, 4) is 5.75 Å². The summed E-state index contributed by atoms with van der Waals surface area (Å²) in [4.78, 5) is 0. The van der Waals surface area contributed by atoms with Crippen LogP contribution in [-0.2, 0) is 6.61 Å². The molecule has 86 valence electrons. The molecule has 0 radical (unpaired) electrons. The molecule has 1 aromatic carbocycles. The van der Waals surface area contributed by atoms with Gasteiger partial charge in [0, 0.05) is 23.2 Å². The molecule has 1 heterocycles. The van der Waals surface area contributed by atoms with Crippen molar-refractivity contribution in [2.45, 2.75) is 26.5 Å². The number of aliphatic hydroxyl groups excluding tert-OH is 1. The normalized spacial score (nSPS) is 11.3. The molecule has 0 saturated heterocycles. The molecular weight excluding hydrogens is 202 g/mol. The van der Waals surface area contributed by atoms with E-state index in [2.05, 4.69) is 24.5 Å². The molecule has 0 atom stereocenters. The Kier molecular flexibility index (Phi) is 2.88. The molecule has 16 heavy (non-hydrogen) atoms. The molecule has 1 aromatic heterocycles. The molecule has 2 rings (SSSR count). The summed E-state index contributed by atoms with van der Waals surface area (Å²) < 4.78 is 7.49. The van der Waals surface area contributed by atoms with Gasteiger partial charge in [0.1, 0.15) is 5.75 Å². The molecule has 1 N–H and O–H groups in total. The molecule has 0 fully saturated rings. The third-order valence-electron chi connectivity index (χ3n) is 2.85. The van der Waals surface area contributed by atoms with E-state index >= 15 is 0 Å². The summed E-state index contributed by atoms with van der Waals surface area (Å²) in [6, 6.07) is 6.32. The number of rotatable bonds is 3. The van der Waals surface area contributed by atoms with Crippen LogP contribution in [0.25, 0.3) is 10.9 Å². The van der Waals surface area contributed by atoms with Gasteiger partial charge in [-0.3, -0.25) is 0 Å². The highest BCUT2D eigenvalue weighted by molar-refractivity contribution is 5.90. The average Bonchev–Trinajstić information content (AvgIpc) is 2.67. The summed E-state index contributed by atoms with van der Waals surface area (Å²) in [6.45, 7) is 4.29. The van der Waals surface area contributed by atoms with Gasteiger partial charge in [0.25, 0.3) is 0 Å². The van der Waals surface area contributed by atoms with Crippen molar-refractivity contribution < 1.29 is 9.84 Å². The summed E-state index contributed by atoms with van der Waals surface area (Å²) in [5.41, 5.74) is 2.03. The largest absolute Gasteiger partial charge is 0.496 e. The van der Waals surface area contributed by atoms with Crippen molar-refractivity contribution in [1.82, 2.24) is 4.57 Å². The molecule has 3 heteroatoms. The molecule has 0 amide bonds. The number of methoxy groups -OCH3 is 1. The van der Waals surface area contributed by atoms with E-state index in [0.717, 1.165) is 22.2 Å². The molecule has 0 bridgehead atoms. The lowest BCUT2D eigenvalue weighted by Gasteiger charge is -2.09. The quantitative estimate of drug-likeness (QED) is 0.861. The summed E-state index contributed by atoms with van der Waals surface area (Å²) in [7, 11) is 1.66. The number of nitrogens with zero attached hydrogens (tertiary/aromatic N) is 1. The Morgan fingerprint density at radius 3 is 2.69 bits per heavy atom. The highest BCUT2D eigenvalue weighted by Crippen LogP contribution is 2.32. The van der Waals surface area contributed by atoms with Crippen LogP contribution in [0.5, 0.6) is 5.75 Å². The van der Waals surface area contributed by atoms with Gasteiger partial charge >= 0.3 is 0 Å². The van der Waals surface area contributed by atoms with Crippen molar-refractivity contribution in [2.75, 3.05) is 7.11 Å². The molecule has 0 spiro atoms. The van der Waals surface area contributed by atoms with Gasteiger partial charge < -0.3 is 14.4 Å². The van der Waals surface area contributed by atoms with E-state index in [1.54, 1.807) is 7.11 Å². The smallest absolute Gasteiger partial charge is 0.128 e. The molecule has 0 aliphatic carbocycles. The van der Waals surface area contributed by atoms with Gasteiger partial charge in [-0.2, -0.15) is 0 Å². The zero-order valence-electron chi connectivity index (χ0n) is 9.90. The maximum Gasteiger partial charge on any atom is 0.128 e. The van der Waals surface area contributed by atoms with Gasteiger partial charge in [0.15, 0.2) is 0 Å². The van der Waals surface area contributed by atoms with E-state index in [1.807, 2.05) is 18.3 Å². The van der Waals surface area contributed by atoms with E-state index in [0.29, 0.717) is 6.04 Å². The van der Waals surface area contributed by atoms with Crippen molar-refractivity contribution in [2.24, 2.45) is 0 Å². The zero-order valence-corrected chi connectivity index (χ0v) is 9.90. The first-order valence-corrected chi connectivity index (χ1v) is 5.46. The maximum atomic E-state index is 9.38. The van der Waals surface area contributed by atoms with Crippen LogP contribution in [0.4, 0.5) is 0 Å². The number of hydrogen-bond donors (Lipinski definition) is 1. The van der Waals surface area contributed by atoms with Gasteiger partial charge in [-0.1, -0.05) is 6.07 Å². The second-order valence-corrected chi connectivity index (χ2v) is 4.17. The highest BCUT2D eigenvalue weighted by Gasteiger charge is 2.13. The molecule has 3 nitrogen and oxygen atoms in total. The molecule has 2 aromatic rings. The molecular formula is C13H17NO2. The van der Waals surface area contributed by atoms with Crippen molar-refractivity contribution in [1.29, 1.82) is 0 Å². The SMILES string of the molecule is COc1cccc2c1c(CO)cn2C(C)C. The highest BCUT2D eigenvalue weighted by atomic mass is 16.5. The number of benzene rings is 1. The second kappa shape index (κ2) is 4.18. The lowest BCUT2D eigenvalue weighted by molar-refractivity contribution is 0.282. The Hall–Kier alpha value is -1.48. The predicted octanol–water partition coefficient (Wildman–Crippen LogP) is 2.72. The third kappa shape index (κ3) is 1.57. The minimum atomic E-state index is 0.0383. The number of ether oxygens (including phenoxy) is 1. The van der Waals surface area contributed by atoms with Gasteiger partial charge in [0.2, 0.25) is 0 Å². The van der Waals surface area contributed by atoms with E-state index < -0.39 is 0 Å². The first-order chi connectivity index (χ1) is 7.69. The van der Waals surface area contributed by atoms with Crippen LogP contribution in [0.2, 0.25) is 0 Å². The van der Waals surface area contributed by atoms with Crippen LogP contribution in [0.15, 0.2) is 24.4 Å². The molecule has 0 unspecified atom stereocenters. The van der Waals surface area contributed by atoms with Crippen LogP contribution in [0, 0.1) is 0 Å². The average molecular weight is 219 g/mol. The Bertz CT molecular complexity index is 500. The van der Waals surface area contributed by atoms with Crippen LogP contribution >= 0.6 is 0 Å². The van der Waals surface area contributed by atoms with Crippen LogP contribution in [-0.4, -0.2) is 16.8 Å². The third-order valence-corrected chi connectivity index (χ3v) is 2.85. The summed E-state index contributed by atoms with van der Waals surface area (Å²) in [5.74, 6) is 0.820. The second-order valence-electron chi connectivity index (χ2n) is 4.17. The van der Waals surface area contributed by atoms with Crippen LogP contribution in [0.1, 0.15) is 25.5 Å². The Morgan fingerprint density at radius 1 is 1.38 bits per heavy atom. The fourth-order valence-electron chi connectivity index (χ4n) is 2.08. The van der Waals surface area contributed by atoms with Gasteiger partial charge in [-0.15, -0.1) is 0 Å². The first-order valence-electron chi connectivity index (χ1n) is 5.46. The molecule has 0 aliphatic heterocycles. The molecule has 0 aliphatic rings. The number of fused-ring (bicyclic) bond motifs is 1. The van der Waals surface area contributed by atoms with Crippen LogP contribution in [0.3, 0.4) is 0 Å². The Labute approximate surface area is 95.3 Å². The number of aromatic nitrogens is 1. The van der Waals surface area contributed by atoms with Gasteiger partial charge in [0.05, 0.1) is 19.2 Å². The van der Waals surface area contributed by atoms with Crippen molar-refractivity contribution >= 4 is 10.9 Å². The predicted molar refractivity (Wildman–Crippen MR) is 64.8 cm³/mol. The van der Waals surface area contributed by atoms with E-state index in [4.69, 9.17) is 4.74 Å². The maximum absolute atomic E-state index is 9.38. The Morgan fingerprint density at radius 2 is 2.12 bits per heavy atom. The summed E-state index contributed by atoms with van der Waals surface area (Å²) >= 11 is 0. The minimum absolute atomic E-state index is 0.0383. The monoisotopic (exact) mass is 219 g/mol. The lowest BCUT2D eigenvalue weighted by atomic mass is 10.1. The van der Waals surface area contributed by atoms with Gasteiger partial charge in [-0.25, -0.2) is 0 Å².